The molecule has 2 N–H and O–H groups in total. The minimum Gasteiger partial charge on any atom is -0.380 e. The van der Waals surface area contributed by atoms with Crippen LogP contribution in [0.25, 0.3) is 0 Å². The fourth-order valence-corrected chi connectivity index (χ4v) is 4.65. The molecule has 1 heterocycles. The van der Waals surface area contributed by atoms with Crippen LogP contribution in [0.4, 0.5) is 5.69 Å². The predicted octanol–water partition coefficient (Wildman–Crippen LogP) is 4.90. The molecule has 4 rings (SSSR count). The van der Waals surface area contributed by atoms with Gasteiger partial charge in [0.05, 0.1) is 11.6 Å². The largest absolute Gasteiger partial charge is 0.380 e. The molecule has 0 amide bonds. The number of nitrogens with one attached hydrogen (secondary N) is 1. The molecule has 1 saturated heterocycles. The maximum absolute atomic E-state index is 12.0. The molecule has 1 aliphatic rings. The molecular formula is C26H25N3OS. The van der Waals surface area contributed by atoms with Crippen LogP contribution in [0.1, 0.15) is 29.5 Å². The van der Waals surface area contributed by atoms with Gasteiger partial charge in [-0.3, -0.25) is 0 Å². The topological polar surface area (TPSA) is 59.3 Å². The van der Waals surface area contributed by atoms with E-state index in [2.05, 4.69) is 16.3 Å². The van der Waals surface area contributed by atoms with Crippen molar-refractivity contribution in [3.8, 4) is 6.07 Å². The molecule has 1 fully saturated rings. The van der Waals surface area contributed by atoms with Gasteiger partial charge in [0.15, 0.2) is 5.11 Å². The fourth-order valence-electron chi connectivity index (χ4n) is 4.35. The van der Waals surface area contributed by atoms with Gasteiger partial charge < -0.3 is 15.3 Å². The van der Waals surface area contributed by atoms with E-state index in [0.29, 0.717) is 10.7 Å². The lowest BCUT2D eigenvalue weighted by molar-refractivity contribution is -0.00631. The Morgan fingerprint density at radius 2 is 1.42 bits per heavy atom. The highest BCUT2D eigenvalue weighted by atomic mass is 32.1. The summed E-state index contributed by atoms with van der Waals surface area (Å²) in [5, 5.41) is 24.9. The summed E-state index contributed by atoms with van der Waals surface area (Å²) in [6, 6.07) is 29.3. The zero-order valence-corrected chi connectivity index (χ0v) is 18.1. The molecule has 3 aromatic rings. The van der Waals surface area contributed by atoms with Gasteiger partial charge in [-0.25, -0.2) is 0 Å². The third kappa shape index (κ3) is 4.46. The molecule has 0 atom stereocenters. The summed E-state index contributed by atoms with van der Waals surface area (Å²) in [7, 11) is 0. The van der Waals surface area contributed by atoms with Gasteiger partial charge in [0.2, 0.25) is 0 Å². The molecule has 0 radical (unpaired) electrons. The number of thiocarbonyl (C=S) groups is 1. The lowest BCUT2D eigenvalue weighted by atomic mass is 9.72. The van der Waals surface area contributed by atoms with Crippen molar-refractivity contribution in [2.75, 3.05) is 18.4 Å². The van der Waals surface area contributed by atoms with Gasteiger partial charge >= 0.3 is 0 Å². The molecule has 0 bridgehead atoms. The van der Waals surface area contributed by atoms with Gasteiger partial charge in [0, 0.05) is 18.8 Å². The molecule has 156 valence electrons. The normalized spacial score (nSPS) is 14.6. The summed E-state index contributed by atoms with van der Waals surface area (Å²) in [4.78, 5) is 2.15. The Hall–Kier alpha value is -3.20. The number of nitrogens with zero attached hydrogens (tertiary/aromatic N) is 2. The molecule has 0 aliphatic carbocycles. The molecule has 0 aromatic heterocycles. The highest BCUT2D eigenvalue weighted by molar-refractivity contribution is 7.80. The highest BCUT2D eigenvalue weighted by Gasteiger charge is 2.41. The number of piperidine rings is 1. The standard InChI is InChI=1S/C26H25N3OS/c27-19-20-11-13-24(14-12-20)28-25(31)29-17-15-23(16-18-29)26(30,21-7-3-1-4-8-21)22-9-5-2-6-10-22/h1-14,23,30H,15-18H2,(H,28,31). The zero-order valence-electron chi connectivity index (χ0n) is 17.2. The Bertz CT molecular complexity index is 1010. The lowest BCUT2D eigenvalue weighted by Crippen LogP contribution is -2.47. The van der Waals surface area contributed by atoms with Crippen molar-refractivity contribution in [2.45, 2.75) is 18.4 Å². The van der Waals surface area contributed by atoms with E-state index in [0.717, 1.165) is 42.7 Å². The maximum atomic E-state index is 12.0. The summed E-state index contributed by atoms with van der Waals surface area (Å²) < 4.78 is 0. The Morgan fingerprint density at radius 3 is 1.90 bits per heavy atom. The summed E-state index contributed by atoms with van der Waals surface area (Å²) >= 11 is 5.62. The van der Waals surface area contributed by atoms with Crippen molar-refractivity contribution in [2.24, 2.45) is 5.92 Å². The SMILES string of the molecule is N#Cc1ccc(NC(=S)N2CCC(C(O)(c3ccccc3)c3ccccc3)CC2)cc1. The van der Waals surface area contributed by atoms with Crippen molar-refractivity contribution >= 4 is 23.0 Å². The van der Waals surface area contributed by atoms with Gasteiger partial charge in [0.25, 0.3) is 0 Å². The van der Waals surface area contributed by atoms with Gasteiger partial charge in [-0.2, -0.15) is 5.26 Å². The van der Waals surface area contributed by atoms with Crippen LogP contribution in [0, 0.1) is 17.2 Å². The van der Waals surface area contributed by atoms with E-state index in [9.17, 15) is 5.11 Å². The number of benzene rings is 3. The van der Waals surface area contributed by atoms with Gasteiger partial charge in [-0.15, -0.1) is 0 Å². The third-order valence-corrected chi connectivity index (χ3v) is 6.43. The van der Waals surface area contributed by atoms with Crippen molar-refractivity contribution in [1.29, 1.82) is 5.26 Å². The van der Waals surface area contributed by atoms with Crippen molar-refractivity contribution in [3.63, 3.8) is 0 Å². The van der Waals surface area contributed by atoms with Crippen LogP contribution < -0.4 is 5.32 Å². The van der Waals surface area contributed by atoms with E-state index in [-0.39, 0.29) is 5.92 Å². The minimum atomic E-state index is -1.03. The number of rotatable bonds is 4. The summed E-state index contributed by atoms with van der Waals surface area (Å²) in [5.41, 5.74) is 2.32. The molecular weight excluding hydrogens is 402 g/mol. The monoisotopic (exact) mass is 427 g/mol. The first-order valence-electron chi connectivity index (χ1n) is 10.5. The highest BCUT2D eigenvalue weighted by Crippen LogP contribution is 2.41. The van der Waals surface area contributed by atoms with Crippen LogP contribution in [0.2, 0.25) is 0 Å². The molecule has 0 saturated carbocycles. The van der Waals surface area contributed by atoms with Crippen LogP contribution >= 0.6 is 12.2 Å². The van der Waals surface area contributed by atoms with E-state index in [1.807, 2.05) is 72.8 Å². The Morgan fingerprint density at radius 1 is 0.903 bits per heavy atom. The molecule has 3 aromatic carbocycles. The van der Waals surface area contributed by atoms with Crippen LogP contribution in [-0.4, -0.2) is 28.2 Å². The summed E-state index contributed by atoms with van der Waals surface area (Å²) in [6.45, 7) is 1.55. The molecule has 4 nitrogen and oxygen atoms in total. The van der Waals surface area contributed by atoms with Crippen molar-refractivity contribution in [3.05, 3.63) is 102 Å². The number of hydrogen-bond donors (Lipinski definition) is 2. The first-order valence-corrected chi connectivity index (χ1v) is 10.9. The van der Waals surface area contributed by atoms with Gasteiger partial charge in [-0.05, 0) is 66.4 Å². The molecule has 31 heavy (non-hydrogen) atoms. The number of aliphatic hydroxyl groups is 1. The molecule has 1 aliphatic heterocycles. The lowest BCUT2D eigenvalue weighted by Gasteiger charge is -2.43. The number of likely N-dealkylation sites (tertiary alicyclic amines) is 1. The Kier molecular flexibility index (Phi) is 6.31. The first kappa shape index (κ1) is 21.0. The number of hydrogen-bond acceptors (Lipinski definition) is 3. The number of anilines is 1. The Labute approximate surface area is 188 Å². The van der Waals surface area contributed by atoms with E-state index < -0.39 is 5.60 Å². The second-order valence-electron chi connectivity index (χ2n) is 7.88. The first-order chi connectivity index (χ1) is 15.1. The van der Waals surface area contributed by atoms with Crippen molar-refractivity contribution < 1.29 is 5.11 Å². The van der Waals surface area contributed by atoms with E-state index in [1.165, 1.54) is 0 Å². The predicted molar refractivity (Wildman–Crippen MR) is 128 cm³/mol. The zero-order chi connectivity index (χ0) is 21.7. The average Bonchev–Trinajstić information content (AvgIpc) is 2.85. The second kappa shape index (κ2) is 9.30. The molecule has 5 heteroatoms. The summed E-state index contributed by atoms with van der Waals surface area (Å²) in [6.07, 6.45) is 1.66. The van der Waals surface area contributed by atoms with Crippen LogP contribution in [-0.2, 0) is 5.60 Å². The van der Waals surface area contributed by atoms with Gasteiger partial charge in [0.1, 0.15) is 5.60 Å². The van der Waals surface area contributed by atoms with E-state index in [1.54, 1.807) is 12.1 Å². The minimum absolute atomic E-state index is 0.0891. The Balaban J connectivity index is 1.48. The van der Waals surface area contributed by atoms with Crippen molar-refractivity contribution in [1.82, 2.24) is 4.90 Å². The summed E-state index contributed by atoms with van der Waals surface area (Å²) in [5.74, 6) is 0.0891. The average molecular weight is 428 g/mol. The molecule has 0 spiro atoms. The second-order valence-corrected chi connectivity index (χ2v) is 8.27. The third-order valence-electron chi connectivity index (χ3n) is 6.07. The number of nitriles is 1. The van der Waals surface area contributed by atoms with Crippen LogP contribution in [0.15, 0.2) is 84.9 Å². The van der Waals surface area contributed by atoms with Gasteiger partial charge in [-0.1, -0.05) is 60.7 Å². The fraction of sp³-hybridized carbons (Fsp3) is 0.231. The van der Waals surface area contributed by atoms with Crippen LogP contribution in [0.3, 0.4) is 0 Å². The van der Waals surface area contributed by atoms with Crippen LogP contribution in [0.5, 0.6) is 0 Å². The smallest absolute Gasteiger partial charge is 0.173 e. The van der Waals surface area contributed by atoms with E-state index >= 15 is 0 Å². The molecule has 0 unspecified atom stereocenters. The van der Waals surface area contributed by atoms with E-state index in [4.69, 9.17) is 17.5 Å². The quantitative estimate of drug-likeness (QED) is 0.580. The maximum Gasteiger partial charge on any atom is 0.173 e.